The van der Waals surface area contributed by atoms with Crippen LogP contribution in [-0.2, 0) is 21.2 Å². The summed E-state index contributed by atoms with van der Waals surface area (Å²) in [5, 5.41) is 8.23. The fourth-order valence-corrected chi connectivity index (χ4v) is 4.67. The molecule has 1 amide bonds. The largest absolute Gasteiger partial charge is 0.495 e. The van der Waals surface area contributed by atoms with Crippen molar-refractivity contribution in [1.82, 2.24) is 19.1 Å². The number of aryl methyl sites for hydroxylation is 2. The first-order valence-corrected chi connectivity index (χ1v) is 12.1. The predicted molar refractivity (Wildman–Crippen MR) is 128 cm³/mol. The number of aromatic nitrogens is 3. The van der Waals surface area contributed by atoms with Gasteiger partial charge in [-0.15, -0.1) is 0 Å². The third-order valence-electron chi connectivity index (χ3n) is 5.65. The molecule has 0 atom stereocenters. The molecule has 10 heteroatoms. The zero-order valence-electron chi connectivity index (χ0n) is 20.1. The molecule has 0 aliphatic rings. The van der Waals surface area contributed by atoms with Crippen molar-refractivity contribution in [3.8, 4) is 5.75 Å². The van der Waals surface area contributed by atoms with E-state index in [1.807, 2.05) is 24.7 Å². The smallest absolute Gasteiger partial charge is 0.242 e. The standard InChI is InChI=1S/C23H31N5O4S/c1-14(2)28-23-19(13-24-28)15(3)18(16(4)25-23)9-11-22(29)26-20-12-17(8-10-21(20)32-7)33(30,31)27(5)6/h8,10,12-14H,9,11H2,1-7H3,(H,26,29). The molecule has 178 valence electrons. The molecule has 2 aromatic heterocycles. The SMILES string of the molecule is COc1ccc(S(=O)(=O)N(C)C)cc1NC(=O)CCc1c(C)nc2c(cnn2C(C)C)c1C. The lowest BCUT2D eigenvalue weighted by Crippen LogP contribution is -2.22. The fourth-order valence-electron chi connectivity index (χ4n) is 3.75. The molecule has 0 saturated carbocycles. The van der Waals surface area contributed by atoms with Crippen LogP contribution in [-0.4, -0.2) is 54.6 Å². The van der Waals surface area contributed by atoms with Gasteiger partial charge in [0.15, 0.2) is 5.65 Å². The molecule has 0 saturated heterocycles. The van der Waals surface area contributed by atoms with Gasteiger partial charge in [-0.2, -0.15) is 5.10 Å². The molecule has 33 heavy (non-hydrogen) atoms. The van der Waals surface area contributed by atoms with Crippen molar-refractivity contribution in [2.45, 2.75) is 51.5 Å². The van der Waals surface area contributed by atoms with Crippen LogP contribution >= 0.6 is 0 Å². The Hall–Kier alpha value is -2.98. The van der Waals surface area contributed by atoms with Gasteiger partial charge in [-0.1, -0.05) is 0 Å². The first kappa shape index (κ1) is 24.7. The molecule has 9 nitrogen and oxygen atoms in total. The molecule has 0 aliphatic carbocycles. The van der Waals surface area contributed by atoms with E-state index in [2.05, 4.69) is 24.3 Å². The molecule has 0 radical (unpaired) electrons. The van der Waals surface area contributed by atoms with E-state index in [1.165, 1.54) is 39.4 Å². The lowest BCUT2D eigenvalue weighted by molar-refractivity contribution is -0.116. The second-order valence-corrected chi connectivity index (χ2v) is 10.6. The van der Waals surface area contributed by atoms with E-state index in [-0.39, 0.29) is 23.3 Å². The lowest BCUT2D eigenvalue weighted by Gasteiger charge is -2.16. The molecule has 0 bridgehead atoms. The number of fused-ring (bicyclic) bond motifs is 1. The third-order valence-corrected chi connectivity index (χ3v) is 7.46. The number of benzene rings is 1. The Balaban J connectivity index is 1.82. The number of methoxy groups -OCH3 is 1. The average Bonchev–Trinajstić information content (AvgIpc) is 3.17. The van der Waals surface area contributed by atoms with E-state index < -0.39 is 10.0 Å². The minimum Gasteiger partial charge on any atom is -0.495 e. The van der Waals surface area contributed by atoms with E-state index in [0.717, 1.165) is 32.2 Å². The van der Waals surface area contributed by atoms with Crippen LogP contribution in [0.4, 0.5) is 5.69 Å². The Morgan fingerprint density at radius 2 is 1.94 bits per heavy atom. The molecule has 3 rings (SSSR count). The van der Waals surface area contributed by atoms with Crippen molar-refractivity contribution < 1.29 is 17.9 Å². The second-order valence-electron chi connectivity index (χ2n) is 8.42. The molecule has 0 spiro atoms. The molecule has 0 unspecified atom stereocenters. The number of ether oxygens (including phenoxy) is 1. The van der Waals surface area contributed by atoms with Crippen LogP contribution in [0.2, 0.25) is 0 Å². The molecule has 2 heterocycles. The van der Waals surface area contributed by atoms with Crippen molar-refractivity contribution in [3.05, 3.63) is 41.2 Å². The number of nitrogens with zero attached hydrogens (tertiary/aromatic N) is 4. The van der Waals surface area contributed by atoms with Crippen molar-refractivity contribution in [3.63, 3.8) is 0 Å². The van der Waals surface area contributed by atoms with Gasteiger partial charge in [0.25, 0.3) is 0 Å². The number of pyridine rings is 1. The molecule has 0 aliphatic heterocycles. The molecular weight excluding hydrogens is 442 g/mol. The monoisotopic (exact) mass is 473 g/mol. The number of amides is 1. The van der Waals surface area contributed by atoms with Crippen molar-refractivity contribution in [2.75, 3.05) is 26.5 Å². The summed E-state index contributed by atoms with van der Waals surface area (Å²) in [5.74, 6) is 0.141. The number of nitrogens with one attached hydrogen (secondary N) is 1. The molecule has 3 aromatic rings. The van der Waals surface area contributed by atoms with E-state index in [0.29, 0.717) is 17.9 Å². The van der Waals surface area contributed by atoms with Gasteiger partial charge in [-0.25, -0.2) is 22.4 Å². The van der Waals surface area contributed by atoms with Crippen LogP contribution < -0.4 is 10.1 Å². The highest BCUT2D eigenvalue weighted by molar-refractivity contribution is 7.89. The summed E-state index contributed by atoms with van der Waals surface area (Å²) in [4.78, 5) is 17.6. The van der Waals surface area contributed by atoms with Gasteiger partial charge in [0.2, 0.25) is 15.9 Å². The van der Waals surface area contributed by atoms with Gasteiger partial charge in [0, 0.05) is 37.6 Å². The minimum atomic E-state index is -3.64. The summed E-state index contributed by atoms with van der Waals surface area (Å²) in [7, 11) is 0.740. The number of hydrogen-bond acceptors (Lipinski definition) is 6. The number of carbonyl (C=O) groups is 1. The van der Waals surface area contributed by atoms with Gasteiger partial charge in [0.1, 0.15) is 5.75 Å². The molecular formula is C23H31N5O4S. The Kier molecular flexibility index (Phi) is 7.08. The summed E-state index contributed by atoms with van der Waals surface area (Å²) in [6, 6.07) is 4.60. The maximum absolute atomic E-state index is 12.8. The third kappa shape index (κ3) is 4.86. The maximum atomic E-state index is 12.8. The molecule has 0 fully saturated rings. The summed E-state index contributed by atoms with van der Waals surface area (Å²) in [6.07, 6.45) is 2.53. The van der Waals surface area contributed by atoms with Crippen LogP contribution in [0, 0.1) is 13.8 Å². The number of carbonyl (C=O) groups excluding carboxylic acids is 1. The second kappa shape index (κ2) is 9.48. The van der Waals surface area contributed by atoms with E-state index >= 15 is 0 Å². The number of sulfonamides is 1. The normalized spacial score (nSPS) is 12.0. The Morgan fingerprint density at radius 3 is 2.55 bits per heavy atom. The van der Waals surface area contributed by atoms with Crippen LogP contribution in [0.5, 0.6) is 5.75 Å². The van der Waals surface area contributed by atoms with Crippen LogP contribution in [0.1, 0.15) is 43.1 Å². The van der Waals surface area contributed by atoms with Crippen LogP contribution in [0.3, 0.4) is 0 Å². The zero-order chi connectivity index (χ0) is 24.5. The van der Waals surface area contributed by atoms with Gasteiger partial charge >= 0.3 is 0 Å². The van der Waals surface area contributed by atoms with Crippen molar-refractivity contribution in [2.24, 2.45) is 0 Å². The van der Waals surface area contributed by atoms with Crippen molar-refractivity contribution >= 4 is 32.7 Å². The highest BCUT2D eigenvalue weighted by Crippen LogP contribution is 2.29. The minimum absolute atomic E-state index is 0.0760. The summed E-state index contributed by atoms with van der Waals surface area (Å²) in [6.45, 7) is 8.08. The summed E-state index contributed by atoms with van der Waals surface area (Å²) >= 11 is 0. The number of hydrogen-bond donors (Lipinski definition) is 1. The van der Waals surface area contributed by atoms with Crippen molar-refractivity contribution in [1.29, 1.82) is 0 Å². The summed E-state index contributed by atoms with van der Waals surface area (Å²) in [5.41, 5.74) is 4.10. The Labute approximate surface area is 194 Å². The average molecular weight is 474 g/mol. The topological polar surface area (TPSA) is 106 Å². The summed E-state index contributed by atoms with van der Waals surface area (Å²) < 4.78 is 33.2. The number of rotatable bonds is 8. The maximum Gasteiger partial charge on any atom is 0.242 e. The van der Waals surface area contributed by atoms with Gasteiger partial charge in [-0.3, -0.25) is 4.79 Å². The first-order valence-electron chi connectivity index (χ1n) is 10.7. The fraction of sp³-hybridized carbons (Fsp3) is 0.435. The number of anilines is 1. The van der Waals surface area contributed by atoms with Gasteiger partial charge in [0.05, 0.1) is 23.9 Å². The highest BCUT2D eigenvalue weighted by atomic mass is 32.2. The van der Waals surface area contributed by atoms with Gasteiger partial charge in [-0.05, 0) is 63.4 Å². The molecule has 1 aromatic carbocycles. The first-order chi connectivity index (χ1) is 15.5. The quantitative estimate of drug-likeness (QED) is 0.537. The van der Waals surface area contributed by atoms with Gasteiger partial charge < -0.3 is 10.1 Å². The highest BCUT2D eigenvalue weighted by Gasteiger charge is 2.20. The van der Waals surface area contributed by atoms with Crippen LogP contribution in [0.25, 0.3) is 11.0 Å². The van der Waals surface area contributed by atoms with E-state index in [1.54, 1.807) is 0 Å². The lowest BCUT2D eigenvalue weighted by atomic mass is 10.0. The van der Waals surface area contributed by atoms with E-state index in [4.69, 9.17) is 9.72 Å². The Bertz CT molecular complexity index is 1300. The Morgan fingerprint density at radius 1 is 1.24 bits per heavy atom. The van der Waals surface area contributed by atoms with Crippen LogP contribution in [0.15, 0.2) is 29.3 Å². The van der Waals surface area contributed by atoms with E-state index in [9.17, 15) is 13.2 Å². The zero-order valence-corrected chi connectivity index (χ0v) is 20.9. The predicted octanol–water partition coefficient (Wildman–Crippen LogP) is 3.46. The molecule has 1 N–H and O–H groups in total.